The number of nitrogens with one attached hydrogen (secondary N) is 1. The number of hydrogen-bond donors (Lipinski definition) is 1. The quantitative estimate of drug-likeness (QED) is 0.741. The van der Waals surface area contributed by atoms with E-state index in [9.17, 15) is 0 Å². The van der Waals surface area contributed by atoms with Crippen LogP contribution in [-0.4, -0.2) is 37.7 Å². The maximum Gasteiger partial charge on any atom is 0.124 e. The number of piperazine rings is 1. The molecule has 1 aliphatic heterocycles. The van der Waals surface area contributed by atoms with Gasteiger partial charge in [0, 0.05) is 41.3 Å². The van der Waals surface area contributed by atoms with E-state index in [0.29, 0.717) is 6.61 Å². The normalized spacial score (nSPS) is 16.8. The number of para-hydroxylation sites is 1. The van der Waals surface area contributed by atoms with E-state index in [-0.39, 0.29) is 6.04 Å². The Labute approximate surface area is 153 Å². The molecule has 2 aromatic carbocycles. The number of hydrogen-bond acceptors (Lipinski definition) is 4. The largest absolute Gasteiger partial charge is 0.494 e. The Hall–Kier alpha value is -1.88. The first-order valence-electron chi connectivity index (χ1n) is 9.02. The van der Waals surface area contributed by atoms with Crippen LogP contribution in [0.4, 0.5) is 0 Å². The van der Waals surface area contributed by atoms with Crippen molar-refractivity contribution in [3.63, 3.8) is 0 Å². The van der Waals surface area contributed by atoms with Crippen molar-refractivity contribution < 1.29 is 4.74 Å². The summed E-state index contributed by atoms with van der Waals surface area (Å²) in [6, 6.07) is 19.8. The third kappa shape index (κ3) is 3.43. The second kappa shape index (κ2) is 7.56. The molecule has 4 rings (SSSR count). The molecule has 0 amide bonds. The van der Waals surface area contributed by atoms with Crippen molar-refractivity contribution in [3.8, 4) is 5.75 Å². The predicted octanol–water partition coefficient (Wildman–Crippen LogP) is 4.29. The molecular weight excluding hydrogens is 328 g/mol. The second-order valence-corrected chi connectivity index (χ2v) is 7.46. The van der Waals surface area contributed by atoms with Crippen molar-refractivity contribution in [1.82, 2.24) is 10.2 Å². The third-order valence-corrected chi connectivity index (χ3v) is 5.91. The molecule has 1 N–H and O–H groups in total. The second-order valence-electron chi connectivity index (χ2n) is 6.35. The molecule has 1 unspecified atom stereocenters. The molecule has 0 saturated carbocycles. The summed E-state index contributed by atoms with van der Waals surface area (Å²) in [5.41, 5.74) is 1.28. The van der Waals surface area contributed by atoms with Gasteiger partial charge in [0.1, 0.15) is 5.75 Å². The SMILES string of the molecule is CCOc1ccccc1C(c1cc2ccccc2s1)N1CCNCC1. The highest BCUT2D eigenvalue weighted by Crippen LogP contribution is 2.40. The molecule has 4 heteroatoms. The highest BCUT2D eigenvalue weighted by molar-refractivity contribution is 7.19. The third-order valence-electron chi connectivity index (χ3n) is 4.74. The summed E-state index contributed by atoms with van der Waals surface area (Å²) >= 11 is 1.90. The first-order chi connectivity index (χ1) is 12.4. The molecule has 25 heavy (non-hydrogen) atoms. The van der Waals surface area contributed by atoms with Gasteiger partial charge in [0.05, 0.1) is 12.6 Å². The molecule has 0 radical (unpaired) electrons. The van der Waals surface area contributed by atoms with Crippen LogP contribution in [0.25, 0.3) is 10.1 Å². The van der Waals surface area contributed by atoms with Crippen LogP contribution in [0.15, 0.2) is 54.6 Å². The summed E-state index contributed by atoms with van der Waals surface area (Å²) in [6.07, 6.45) is 0. The van der Waals surface area contributed by atoms with Gasteiger partial charge in [0.15, 0.2) is 0 Å². The molecule has 0 spiro atoms. The van der Waals surface area contributed by atoms with E-state index in [0.717, 1.165) is 31.9 Å². The molecule has 1 aromatic heterocycles. The molecular formula is C21H24N2OS. The zero-order valence-electron chi connectivity index (χ0n) is 14.6. The summed E-state index contributed by atoms with van der Waals surface area (Å²) in [5.74, 6) is 1.01. The smallest absolute Gasteiger partial charge is 0.124 e. The van der Waals surface area contributed by atoms with Gasteiger partial charge in [0.25, 0.3) is 0 Å². The number of nitrogens with zero attached hydrogens (tertiary/aromatic N) is 1. The zero-order valence-corrected chi connectivity index (χ0v) is 15.4. The van der Waals surface area contributed by atoms with Crippen molar-refractivity contribution in [2.45, 2.75) is 13.0 Å². The molecule has 1 saturated heterocycles. The van der Waals surface area contributed by atoms with E-state index in [2.05, 4.69) is 71.7 Å². The Morgan fingerprint density at radius 2 is 1.84 bits per heavy atom. The average molecular weight is 353 g/mol. The van der Waals surface area contributed by atoms with E-state index >= 15 is 0 Å². The maximum absolute atomic E-state index is 5.97. The summed E-state index contributed by atoms with van der Waals surface area (Å²) in [7, 11) is 0. The zero-order chi connectivity index (χ0) is 17.1. The Balaban J connectivity index is 1.81. The fraction of sp³-hybridized carbons (Fsp3) is 0.333. The molecule has 0 bridgehead atoms. The molecule has 0 aliphatic carbocycles. The van der Waals surface area contributed by atoms with Gasteiger partial charge >= 0.3 is 0 Å². The number of benzene rings is 2. The van der Waals surface area contributed by atoms with Gasteiger partial charge in [-0.3, -0.25) is 4.90 Å². The predicted molar refractivity (Wildman–Crippen MR) is 106 cm³/mol. The van der Waals surface area contributed by atoms with Gasteiger partial charge in [-0.15, -0.1) is 11.3 Å². The van der Waals surface area contributed by atoms with E-state index in [1.807, 2.05) is 11.3 Å². The molecule has 130 valence electrons. The van der Waals surface area contributed by atoms with Gasteiger partial charge in [-0.05, 0) is 30.5 Å². The van der Waals surface area contributed by atoms with Crippen molar-refractivity contribution in [2.75, 3.05) is 32.8 Å². The van der Waals surface area contributed by atoms with Gasteiger partial charge in [-0.25, -0.2) is 0 Å². The monoisotopic (exact) mass is 352 g/mol. The standard InChI is InChI=1S/C21H24N2OS/c1-2-24-18-9-5-4-8-17(18)21(23-13-11-22-12-14-23)20-15-16-7-3-6-10-19(16)25-20/h3-10,15,21-22H,2,11-14H2,1H3. The Bertz CT molecular complexity index is 806. The highest BCUT2D eigenvalue weighted by atomic mass is 32.1. The minimum Gasteiger partial charge on any atom is -0.494 e. The molecule has 2 heterocycles. The van der Waals surface area contributed by atoms with Crippen LogP contribution in [-0.2, 0) is 0 Å². The maximum atomic E-state index is 5.97. The topological polar surface area (TPSA) is 24.5 Å². The highest BCUT2D eigenvalue weighted by Gasteiger charge is 2.27. The van der Waals surface area contributed by atoms with Crippen LogP contribution < -0.4 is 10.1 Å². The minimum atomic E-state index is 0.252. The van der Waals surface area contributed by atoms with Gasteiger partial charge < -0.3 is 10.1 Å². The average Bonchev–Trinajstić information content (AvgIpc) is 3.08. The van der Waals surface area contributed by atoms with Crippen molar-refractivity contribution in [1.29, 1.82) is 0 Å². The Morgan fingerprint density at radius 1 is 1.08 bits per heavy atom. The fourth-order valence-electron chi connectivity index (χ4n) is 3.60. The summed E-state index contributed by atoms with van der Waals surface area (Å²) in [6.45, 7) is 6.93. The number of ether oxygens (including phenoxy) is 1. The lowest BCUT2D eigenvalue weighted by atomic mass is 10.0. The number of thiophene rings is 1. The van der Waals surface area contributed by atoms with Crippen molar-refractivity contribution >= 4 is 21.4 Å². The molecule has 3 nitrogen and oxygen atoms in total. The lowest BCUT2D eigenvalue weighted by molar-refractivity contribution is 0.196. The summed E-state index contributed by atoms with van der Waals surface area (Å²) in [5, 5.41) is 4.80. The van der Waals surface area contributed by atoms with E-state index in [1.54, 1.807) is 0 Å². The van der Waals surface area contributed by atoms with E-state index in [1.165, 1.54) is 20.5 Å². The van der Waals surface area contributed by atoms with Gasteiger partial charge in [-0.2, -0.15) is 0 Å². The molecule has 3 aromatic rings. The van der Waals surface area contributed by atoms with Crippen molar-refractivity contribution in [2.24, 2.45) is 0 Å². The lowest BCUT2D eigenvalue weighted by Crippen LogP contribution is -2.45. The summed E-state index contributed by atoms with van der Waals surface area (Å²) in [4.78, 5) is 3.98. The Kier molecular flexibility index (Phi) is 5.02. The number of fused-ring (bicyclic) bond motifs is 1. The molecule has 1 atom stereocenters. The van der Waals surface area contributed by atoms with Crippen LogP contribution in [0, 0.1) is 0 Å². The van der Waals surface area contributed by atoms with Crippen molar-refractivity contribution in [3.05, 3.63) is 65.0 Å². The number of rotatable bonds is 5. The Morgan fingerprint density at radius 3 is 2.64 bits per heavy atom. The van der Waals surface area contributed by atoms with Gasteiger partial charge in [0.2, 0.25) is 0 Å². The first-order valence-corrected chi connectivity index (χ1v) is 9.83. The molecule has 1 aliphatic rings. The van der Waals surface area contributed by atoms with E-state index < -0.39 is 0 Å². The van der Waals surface area contributed by atoms with Crippen LogP contribution >= 0.6 is 11.3 Å². The fourth-order valence-corrected chi connectivity index (χ4v) is 4.82. The lowest BCUT2D eigenvalue weighted by Gasteiger charge is -2.35. The molecule has 1 fully saturated rings. The van der Waals surface area contributed by atoms with Crippen LogP contribution in [0.2, 0.25) is 0 Å². The van der Waals surface area contributed by atoms with E-state index in [4.69, 9.17) is 4.74 Å². The summed E-state index contributed by atoms with van der Waals surface area (Å²) < 4.78 is 7.32. The van der Waals surface area contributed by atoms with Crippen LogP contribution in [0.1, 0.15) is 23.4 Å². The van der Waals surface area contributed by atoms with Gasteiger partial charge in [-0.1, -0.05) is 36.4 Å². The first kappa shape index (κ1) is 16.6. The van der Waals surface area contributed by atoms with Crippen LogP contribution in [0.5, 0.6) is 5.75 Å². The minimum absolute atomic E-state index is 0.252. The van der Waals surface area contributed by atoms with Crippen LogP contribution in [0.3, 0.4) is 0 Å².